The van der Waals surface area contributed by atoms with Crippen LogP contribution in [0.15, 0.2) is 30.3 Å². The highest BCUT2D eigenvalue weighted by Gasteiger charge is 2.36. The smallest absolute Gasteiger partial charge is 0.354 e. The van der Waals surface area contributed by atoms with E-state index in [0.717, 1.165) is 15.4 Å². The van der Waals surface area contributed by atoms with E-state index in [2.05, 4.69) is 30.7 Å². The molecule has 8 nitrogen and oxygen atoms in total. The maximum absolute atomic E-state index is 12.9. The summed E-state index contributed by atoms with van der Waals surface area (Å²) in [6.07, 6.45) is -4.67. The van der Waals surface area contributed by atoms with Crippen molar-refractivity contribution >= 4 is 34.1 Å². The number of benzene rings is 1. The summed E-state index contributed by atoms with van der Waals surface area (Å²) < 4.78 is 39.8. The number of hydrogen-bond acceptors (Lipinski definition) is 5. The summed E-state index contributed by atoms with van der Waals surface area (Å²) in [7, 11) is 1.53. The predicted molar refractivity (Wildman–Crippen MR) is 95.5 cm³/mol. The third-order valence-corrected chi connectivity index (χ3v) is 4.06. The summed E-state index contributed by atoms with van der Waals surface area (Å²) in [6, 6.07) is 8.51. The fourth-order valence-electron chi connectivity index (χ4n) is 2.81. The van der Waals surface area contributed by atoms with Gasteiger partial charge in [-0.15, -0.1) is 5.10 Å². The molecule has 0 aliphatic rings. The number of fused-ring (bicyclic) bond motifs is 2. The van der Waals surface area contributed by atoms with Gasteiger partial charge in [0.2, 0.25) is 0 Å². The van der Waals surface area contributed by atoms with E-state index >= 15 is 0 Å². The maximum Gasteiger partial charge on any atom is 0.453 e. The second-order valence-corrected chi connectivity index (χ2v) is 6.12. The number of aromatic amines is 1. The monoisotopic (exact) mass is 389 g/mol. The SMILES string of the molecule is CNC(=O)c1cc2cc(Nc3cc(C)nc4nc(C(F)(F)F)nn34)ccc2[nH]1. The van der Waals surface area contributed by atoms with E-state index in [-0.39, 0.29) is 17.5 Å². The minimum absolute atomic E-state index is 0.153. The second-order valence-electron chi connectivity index (χ2n) is 6.12. The molecule has 0 fully saturated rings. The number of carbonyl (C=O) groups is 1. The van der Waals surface area contributed by atoms with Gasteiger partial charge in [-0.3, -0.25) is 4.79 Å². The zero-order valence-electron chi connectivity index (χ0n) is 14.7. The number of halogens is 3. The van der Waals surface area contributed by atoms with Crippen molar-refractivity contribution in [3.05, 3.63) is 47.5 Å². The van der Waals surface area contributed by atoms with Crippen molar-refractivity contribution in [2.75, 3.05) is 12.4 Å². The molecule has 11 heteroatoms. The van der Waals surface area contributed by atoms with Gasteiger partial charge in [0.1, 0.15) is 11.5 Å². The van der Waals surface area contributed by atoms with Crippen molar-refractivity contribution in [2.45, 2.75) is 13.1 Å². The number of hydrogen-bond donors (Lipinski definition) is 3. The van der Waals surface area contributed by atoms with Crippen LogP contribution in [-0.2, 0) is 6.18 Å². The number of rotatable bonds is 3. The minimum Gasteiger partial charge on any atom is -0.354 e. The first-order valence-corrected chi connectivity index (χ1v) is 8.18. The fraction of sp³-hybridized carbons (Fsp3) is 0.176. The van der Waals surface area contributed by atoms with E-state index in [1.54, 1.807) is 37.3 Å². The third kappa shape index (κ3) is 3.10. The Bertz CT molecular complexity index is 1210. The lowest BCUT2D eigenvalue weighted by atomic mass is 10.2. The molecule has 3 N–H and O–H groups in total. The van der Waals surface area contributed by atoms with Crippen LogP contribution in [0.1, 0.15) is 22.0 Å². The Kier molecular flexibility index (Phi) is 3.95. The Morgan fingerprint density at radius 2 is 1.96 bits per heavy atom. The van der Waals surface area contributed by atoms with Gasteiger partial charge in [-0.1, -0.05) is 0 Å². The van der Waals surface area contributed by atoms with Gasteiger partial charge in [-0.05, 0) is 31.2 Å². The first kappa shape index (κ1) is 17.8. The number of carbonyl (C=O) groups excluding carboxylic acids is 1. The molecule has 144 valence electrons. The second kappa shape index (κ2) is 6.22. The molecule has 4 rings (SSSR count). The molecule has 0 aliphatic heterocycles. The fourth-order valence-corrected chi connectivity index (χ4v) is 2.81. The van der Waals surface area contributed by atoms with Gasteiger partial charge in [0, 0.05) is 35.4 Å². The highest BCUT2D eigenvalue weighted by atomic mass is 19.4. The van der Waals surface area contributed by atoms with Crippen LogP contribution >= 0.6 is 0 Å². The molecule has 1 aromatic carbocycles. The lowest BCUT2D eigenvalue weighted by molar-refractivity contribution is -0.144. The van der Waals surface area contributed by atoms with Crippen molar-refractivity contribution in [2.24, 2.45) is 0 Å². The summed E-state index contributed by atoms with van der Waals surface area (Å²) >= 11 is 0. The molecule has 3 aromatic heterocycles. The van der Waals surface area contributed by atoms with Crippen LogP contribution in [0.25, 0.3) is 16.7 Å². The first-order valence-electron chi connectivity index (χ1n) is 8.18. The number of aromatic nitrogens is 5. The highest BCUT2D eigenvalue weighted by molar-refractivity contribution is 5.98. The number of nitrogens with zero attached hydrogens (tertiary/aromatic N) is 4. The summed E-state index contributed by atoms with van der Waals surface area (Å²) in [5.74, 6) is -1.38. The van der Waals surface area contributed by atoms with Crippen LogP contribution in [-0.4, -0.2) is 37.5 Å². The van der Waals surface area contributed by atoms with Crippen LogP contribution in [0.4, 0.5) is 24.7 Å². The average Bonchev–Trinajstić information content (AvgIpc) is 3.24. The normalized spacial score (nSPS) is 11.9. The van der Waals surface area contributed by atoms with Crippen LogP contribution in [0.5, 0.6) is 0 Å². The summed E-state index contributed by atoms with van der Waals surface area (Å²) in [5.41, 5.74) is 2.25. The van der Waals surface area contributed by atoms with Gasteiger partial charge in [-0.25, -0.2) is 4.98 Å². The standard InChI is InChI=1S/C17H14F3N7O/c1-8-5-13(27-16(22-8)25-15(26-27)17(18,19)20)23-10-3-4-11-9(6-10)7-12(24-11)14(28)21-2/h3-7,23-24H,1-2H3,(H,21,28). The first-order chi connectivity index (χ1) is 13.2. The third-order valence-electron chi connectivity index (χ3n) is 4.06. The van der Waals surface area contributed by atoms with Gasteiger partial charge in [0.25, 0.3) is 17.5 Å². The van der Waals surface area contributed by atoms with E-state index in [4.69, 9.17) is 0 Å². The molecule has 0 spiro atoms. The number of alkyl halides is 3. The van der Waals surface area contributed by atoms with Crippen molar-refractivity contribution in [3.8, 4) is 0 Å². The number of H-pyrrole nitrogens is 1. The van der Waals surface area contributed by atoms with Crippen LogP contribution in [0.3, 0.4) is 0 Å². The highest BCUT2D eigenvalue weighted by Crippen LogP contribution is 2.28. The zero-order chi connectivity index (χ0) is 20.1. The number of anilines is 2. The Labute approximate surface area is 155 Å². The maximum atomic E-state index is 12.9. The molecule has 0 atom stereocenters. The predicted octanol–water partition coefficient (Wildman–Crippen LogP) is 3.04. The molecule has 0 aliphatic carbocycles. The van der Waals surface area contributed by atoms with Gasteiger partial charge in [-0.2, -0.15) is 22.7 Å². The van der Waals surface area contributed by atoms with Gasteiger partial charge < -0.3 is 15.6 Å². The molecule has 0 saturated heterocycles. The molecular weight excluding hydrogens is 375 g/mol. The van der Waals surface area contributed by atoms with E-state index in [9.17, 15) is 18.0 Å². The van der Waals surface area contributed by atoms with Gasteiger partial charge in [0.05, 0.1) is 0 Å². The van der Waals surface area contributed by atoms with Crippen LogP contribution in [0, 0.1) is 6.92 Å². The molecule has 0 radical (unpaired) electrons. The molecule has 0 bridgehead atoms. The van der Waals surface area contributed by atoms with Crippen molar-refractivity contribution < 1.29 is 18.0 Å². The molecule has 4 aromatic rings. The molecule has 0 saturated carbocycles. The summed E-state index contributed by atoms with van der Waals surface area (Å²) in [6.45, 7) is 1.65. The molecule has 1 amide bonds. The summed E-state index contributed by atoms with van der Waals surface area (Å²) in [4.78, 5) is 22.2. The Balaban J connectivity index is 1.75. The molecule has 28 heavy (non-hydrogen) atoms. The van der Waals surface area contributed by atoms with E-state index < -0.39 is 12.0 Å². The topological polar surface area (TPSA) is 100 Å². The zero-order valence-corrected chi connectivity index (χ0v) is 14.7. The quantitative estimate of drug-likeness (QED) is 0.500. The van der Waals surface area contributed by atoms with E-state index in [1.807, 2.05) is 0 Å². The van der Waals surface area contributed by atoms with Crippen molar-refractivity contribution in [1.29, 1.82) is 0 Å². The van der Waals surface area contributed by atoms with E-state index in [1.165, 1.54) is 7.05 Å². The Morgan fingerprint density at radius 1 is 1.18 bits per heavy atom. The lowest BCUT2D eigenvalue weighted by Gasteiger charge is -2.08. The molecule has 3 heterocycles. The summed E-state index contributed by atoms with van der Waals surface area (Å²) in [5, 5.41) is 9.85. The van der Waals surface area contributed by atoms with Gasteiger partial charge >= 0.3 is 6.18 Å². The van der Waals surface area contributed by atoms with Crippen molar-refractivity contribution in [3.63, 3.8) is 0 Å². The molecule has 0 unspecified atom stereocenters. The minimum atomic E-state index is -4.67. The average molecular weight is 389 g/mol. The Hall–Kier alpha value is -3.63. The molecular formula is C17H14F3N7O. The lowest BCUT2D eigenvalue weighted by Crippen LogP contribution is -2.17. The number of amides is 1. The van der Waals surface area contributed by atoms with Crippen molar-refractivity contribution in [1.82, 2.24) is 29.9 Å². The van der Waals surface area contributed by atoms with Gasteiger partial charge in [0.15, 0.2) is 0 Å². The van der Waals surface area contributed by atoms with Crippen LogP contribution < -0.4 is 10.6 Å². The number of aryl methyl sites for hydroxylation is 1. The largest absolute Gasteiger partial charge is 0.453 e. The van der Waals surface area contributed by atoms with E-state index in [0.29, 0.717) is 17.1 Å². The Morgan fingerprint density at radius 3 is 2.68 bits per heavy atom. The number of nitrogens with one attached hydrogen (secondary N) is 3. The van der Waals surface area contributed by atoms with Crippen LogP contribution in [0.2, 0.25) is 0 Å².